The summed E-state index contributed by atoms with van der Waals surface area (Å²) in [5, 5.41) is 19.2. The lowest BCUT2D eigenvalue weighted by molar-refractivity contribution is 0.475. The van der Waals surface area contributed by atoms with Crippen LogP contribution in [0.25, 0.3) is 27.9 Å². The van der Waals surface area contributed by atoms with Crippen molar-refractivity contribution in [3.8, 4) is 17.1 Å². The molecule has 4 heteroatoms. The Balaban J connectivity index is 2.11. The third kappa shape index (κ3) is 1.76. The molecule has 0 aliphatic carbocycles. The van der Waals surface area contributed by atoms with Crippen LogP contribution in [0.3, 0.4) is 0 Å². The van der Waals surface area contributed by atoms with E-state index in [2.05, 4.69) is 33.7 Å². The van der Waals surface area contributed by atoms with Crippen molar-refractivity contribution < 1.29 is 5.11 Å². The van der Waals surface area contributed by atoms with Gasteiger partial charge in [-0.05, 0) is 48.9 Å². The summed E-state index contributed by atoms with van der Waals surface area (Å²) in [4.78, 5) is 0. The van der Waals surface area contributed by atoms with Gasteiger partial charge >= 0.3 is 0 Å². The van der Waals surface area contributed by atoms with Gasteiger partial charge in [-0.3, -0.25) is 4.40 Å². The molecule has 0 bridgehead atoms. The number of benzene rings is 2. The molecule has 2 heterocycles. The van der Waals surface area contributed by atoms with Gasteiger partial charge in [-0.25, -0.2) is 0 Å². The van der Waals surface area contributed by atoms with Crippen molar-refractivity contribution in [3.63, 3.8) is 0 Å². The van der Waals surface area contributed by atoms with Crippen LogP contribution in [-0.4, -0.2) is 19.7 Å². The van der Waals surface area contributed by atoms with E-state index in [0.717, 1.165) is 22.6 Å². The lowest BCUT2D eigenvalue weighted by atomic mass is 10.1. The van der Waals surface area contributed by atoms with Gasteiger partial charge in [0.2, 0.25) is 0 Å². The van der Waals surface area contributed by atoms with E-state index in [9.17, 15) is 5.11 Å². The number of aromatic nitrogens is 3. The standard InChI is InChI=1S/C17H13N3O/c1-11-10-16-18-19-17(12-6-8-13(21)9-7-12)20(16)15-5-3-2-4-14(11)15/h2-10,21H,1H3. The van der Waals surface area contributed by atoms with Crippen LogP contribution in [0, 0.1) is 6.92 Å². The van der Waals surface area contributed by atoms with E-state index in [4.69, 9.17) is 0 Å². The number of aryl methyl sites for hydroxylation is 1. The van der Waals surface area contributed by atoms with Crippen molar-refractivity contribution >= 4 is 16.6 Å². The first-order chi connectivity index (χ1) is 10.2. The summed E-state index contributed by atoms with van der Waals surface area (Å²) in [5.74, 6) is 1.02. The largest absolute Gasteiger partial charge is 0.508 e. The molecular formula is C17H13N3O. The SMILES string of the molecule is Cc1cc2nnc(-c3ccc(O)cc3)n2c2ccccc12. The zero-order valence-corrected chi connectivity index (χ0v) is 11.5. The van der Waals surface area contributed by atoms with Gasteiger partial charge in [0.1, 0.15) is 5.75 Å². The Morgan fingerprint density at radius 2 is 1.71 bits per heavy atom. The number of phenolic OH excluding ortho intramolecular Hbond substituents is 1. The first kappa shape index (κ1) is 11.9. The van der Waals surface area contributed by atoms with Crippen LogP contribution in [0.5, 0.6) is 5.75 Å². The number of pyridine rings is 1. The second kappa shape index (κ2) is 4.31. The van der Waals surface area contributed by atoms with Crippen LogP contribution >= 0.6 is 0 Å². The second-order valence-electron chi connectivity index (χ2n) is 5.11. The Bertz CT molecular complexity index is 955. The van der Waals surface area contributed by atoms with Crippen molar-refractivity contribution in [3.05, 3.63) is 60.2 Å². The van der Waals surface area contributed by atoms with E-state index in [-0.39, 0.29) is 5.75 Å². The van der Waals surface area contributed by atoms with E-state index < -0.39 is 0 Å². The van der Waals surface area contributed by atoms with E-state index in [1.165, 1.54) is 10.9 Å². The Kier molecular flexibility index (Phi) is 2.44. The molecule has 0 amide bonds. The molecule has 0 aliphatic rings. The molecule has 21 heavy (non-hydrogen) atoms. The predicted octanol–water partition coefficient (Wildman–Crippen LogP) is 3.56. The van der Waals surface area contributed by atoms with Crippen LogP contribution in [0.2, 0.25) is 0 Å². The summed E-state index contributed by atoms with van der Waals surface area (Å²) in [6, 6.07) is 17.3. The molecule has 4 rings (SSSR count). The smallest absolute Gasteiger partial charge is 0.168 e. The van der Waals surface area contributed by atoms with Gasteiger partial charge in [0.25, 0.3) is 0 Å². The minimum atomic E-state index is 0.244. The molecule has 0 saturated heterocycles. The summed E-state index contributed by atoms with van der Waals surface area (Å²) in [7, 11) is 0. The highest BCUT2D eigenvalue weighted by atomic mass is 16.3. The quantitative estimate of drug-likeness (QED) is 0.578. The highest BCUT2D eigenvalue weighted by Gasteiger charge is 2.12. The number of hydrogen-bond donors (Lipinski definition) is 1. The van der Waals surface area contributed by atoms with Crippen LogP contribution < -0.4 is 0 Å². The number of aromatic hydroxyl groups is 1. The molecule has 1 N–H and O–H groups in total. The molecular weight excluding hydrogens is 262 g/mol. The van der Waals surface area contributed by atoms with Gasteiger partial charge < -0.3 is 5.11 Å². The topological polar surface area (TPSA) is 50.4 Å². The van der Waals surface area contributed by atoms with E-state index >= 15 is 0 Å². The summed E-state index contributed by atoms with van der Waals surface area (Å²) in [5.41, 5.74) is 4.02. The molecule has 0 aliphatic heterocycles. The second-order valence-corrected chi connectivity index (χ2v) is 5.11. The van der Waals surface area contributed by atoms with E-state index in [1.54, 1.807) is 12.1 Å². The number of rotatable bonds is 1. The molecule has 0 atom stereocenters. The molecule has 0 unspecified atom stereocenters. The highest BCUT2D eigenvalue weighted by Crippen LogP contribution is 2.26. The number of para-hydroxylation sites is 1. The first-order valence-electron chi connectivity index (χ1n) is 6.77. The lowest BCUT2D eigenvalue weighted by Gasteiger charge is -2.07. The summed E-state index contributed by atoms with van der Waals surface area (Å²) in [6.45, 7) is 2.08. The van der Waals surface area contributed by atoms with Crippen molar-refractivity contribution in [1.29, 1.82) is 0 Å². The average Bonchev–Trinajstić information content (AvgIpc) is 2.92. The molecule has 0 spiro atoms. The van der Waals surface area contributed by atoms with Crippen molar-refractivity contribution in [2.45, 2.75) is 6.92 Å². The van der Waals surface area contributed by atoms with Crippen molar-refractivity contribution in [2.24, 2.45) is 0 Å². The highest BCUT2D eigenvalue weighted by molar-refractivity contribution is 5.87. The van der Waals surface area contributed by atoms with Gasteiger partial charge in [0.05, 0.1) is 5.52 Å². The third-order valence-electron chi connectivity index (χ3n) is 3.73. The zero-order valence-electron chi connectivity index (χ0n) is 11.5. The fraction of sp³-hybridized carbons (Fsp3) is 0.0588. The van der Waals surface area contributed by atoms with Crippen LogP contribution in [-0.2, 0) is 0 Å². The summed E-state index contributed by atoms with van der Waals surface area (Å²) in [6.07, 6.45) is 0. The fourth-order valence-corrected chi connectivity index (χ4v) is 2.70. The molecule has 102 valence electrons. The maximum Gasteiger partial charge on any atom is 0.168 e. The number of phenols is 1. The lowest BCUT2D eigenvalue weighted by Crippen LogP contribution is -1.93. The van der Waals surface area contributed by atoms with Crippen LogP contribution in [0.15, 0.2) is 54.6 Å². The predicted molar refractivity (Wildman–Crippen MR) is 82.3 cm³/mol. The maximum atomic E-state index is 9.43. The number of hydrogen-bond acceptors (Lipinski definition) is 3. The molecule has 2 aromatic carbocycles. The normalized spacial score (nSPS) is 11.3. The van der Waals surface area contributed by atoms with Gasteiger partial charge in [-0.15, -0.1) is 10.2 Å². The monoisotopic (exact) mass is 275 g/mol. The Morgan fingerprint density at radius 1 is 0.952 bits per heavy atom. The minimum absolute atomic E-state index is 0.244. The third-order valence-corrected chi connectivity index (χ3v) is 3.73. The van der Waals surface area contributed by atoms with Crippen LogP contribution in [0.1, 0.15) is 5.56 Å². The molecule has 0 saturated carbocycles. The number of fused-ring (bicyclic) bond motifs is 3. The molecule has 4 nitrogen and oxygen atoms in total. The molecule has 2 aromatic heterocycles. The van der Waals surface area contributed by atoms with E-state index in [0.29, 0.717) is 0 Å². The van der Waals surface area contributed by atoms with Crippen LogP contribution in [0.4, 0.5) is 0 Å². The Labute approximate surface area is 121 Å². The summed E-state index contributed by atoms with van der Waals surface area (Å²) < 4.78 is 2.05. The number of nitrogens with zero attached hydrogens (tertiary/aromatic N) is 3. The molecule has 4 aromatic rings. The summed E-state index contributed by atoms with van der Waals surface area (Å²) >= 11 is 0. The van der Waals surface area contributed by atoms with E-state index in [1.807, 2.05) is 30.3 Å². The van der Waals surface area contributed by atoms with Crippen molar-refractivity contribution in [1.82, 2.24) is 14.6 Å². The minimum Gasteiger partial charge on any atom is -0.508 e. The van der Waals surface area contributed by atoms with Crippen molar-refractivity contribution in [2.75, 3.05) is 0 Å². The zero-order chi connectivity index (χ0) is 14.4. The maximum absolute atomic E-state index is 9.43. The van der Waals surface area contributed by atoms with Gasteiger partial charge in [0.15, 0.2) is 11.5 Å². The Morgan fingerprint density at radius 3 is 2.52 bits per heavy atom. The molecule has 0 fully saturated rings. The first-order valence-corrected chi connectivity index (χ1v) is 6.77. The van der Waals surface area contributed by atoms with Gasteiger partial charge in [-0.2, -0.15) is 0 Å². The average molecular weight is 275 g/mol. The Hall–Kier alpha value is -2.88. The van der Waals surface area contributed by atoms with Gasteiger partial charge in [0, 0.05) is 10.9 Å². The molecule has 0 radical (unpaired) electrons. The fourth-order valence-electron chi connectivity index (χ4n) is 2.70. The van der Waals surface area contributed by atoms with Gasteiger partial charge in [-0.1, -0.05) is 18.2 Å².